The van der Waals surface area contributed by atoms with Crippen molar-refractivity contribution in [3.8, 4) is 28.8 Å². The summed E-state index contributed by atoms with van der Waals surface area (Å²) in [6.07, 6.45) is 3.64. The van der Waals surface area contributed by atoms with Crippen LogP contribution >= 0.6 is 0 Å². The minimum absolute atomic E-state index is 0.270. The lowest BCUT2D eigenvalue weighted by atomic mass is 10.1. The number of rotatable bonds is 9. The summed E-state index contributed by atoms with van der Waals surface area (Å²) in [5.41, 5.74) is 2.65. The molecule has 178 valence electrons. The van der Waals surface area contributed by atoms with Gasteiger partial charge in [0.25, 0.3) is 0 Å². The third kappa shape index (κ3) is 6.93. The van der Waals surface area contributed by atoms with Gasteiger partial charge in [0.05, 0.1) is 43.1 Å². The Hall–Kier alpha value is -4.13. The van der Waals surface area contributed by atoms with E-state index in [2.05, 4.69) is 25.5 Å². The van der Waals surface area contributed by atoms with E-state index in [0.29, 0.717) is 48.9 Å². The minimum Gasteiger partial charge on any atom is -0.496 e. The molecular weight excluding hydrogens is 436 g/mol. The third-order valence-corrected chi connectivity index (χ3v) is 4.53. The number of benzene rings is 1. The van der Waals surface area contributed by atoms with Crippen LogP contribution in [0.5, 0.6) is 11.5 Å². The van der Waals surface area contributed by atoms with E-state index in [1.807, 2.05) is 51.1 Å². The first kappa shape index (κ1) is 24.5. The van der Waals surface area contributed by atoms with Gasteiger partial charge in [-0.2, -0.15) is 10.4 Å². The van der Waals surface area contributed by atoms with Crippen molar-refractivity contribution in [1.82, 2.24) is 25.5 Å². The fourth-order valence-electron chi connectivity index (χ4n) is 3.09. The van der Waals surface area contributed by atoms with Crippen LogP contribution in [0.1, 0.15) is 44.3 Å². The predicted octanol–water partition coefficient (Wildman–Crippen LogP) is 3.63. The van der Waals surface area contributed by atoms with E-state index in [-0.39, 0.29) is 5.69 Å². The Labute approximate surface area is 198 Å². The summed E-state index contributed by atoms with van der Waals surface area (Å²) in [5.74, 6) is 1.24. The first-order valence-electron chi connectivity index (χ1n) is 10.8. The van der Waals surface area contributed by atoms with E-state index >= 15 is 0 Å². The van der Waals surface area contributed by atoms with E-state index in [1.165, 1.54) is 6.20 Å². The van der Waals surface area contributed by atoms with Crippen LogP contribution in [-0.2, 0) is 11.2 Å². The van der Waals surface area contributed by atoms with Gasteiger partial charge in [-0.1, -0.05) is 6.07 Å². The summed E-state index contributed by atoms with van der Waals surface area (Å²) >= 11 is 0. The lowest BCUT2D eigenvalue weighted by Gasteiger charge is -2.19. The van der Waals surface area contributed by atoms with E-state index in [9.17, 15) is 4.79 Å². The Balaban J connectivity index is 1.64. The second kappa shape index (κ2) is 11.1. The van der Waals surface area contributed by atoms with Crippen molar-refractivity contribution in [2.24, 2.45) is 0 Å². The van der Waals surface area contributed by atoms with Gasteiger partial charge in [-0.25, -0.2) is 9.78 Å². The van der Waals surface area contributed by atoms with Crippen molar-refractivity contribution in [3.05, 3.63) is 53.7 Å². The molecule has 3 rings (SSSR count). The number of ether oxygens (including phenoxy) is 3. The van der Waals surface area contributed by atoms with Gasteiger partial charge < -0.3 is 19.5 Å². The van der Waals surface area contributed by atoms with Gasteiger partial charge >= 0.3 is 6.09 Å². The monoisotopic (exact) mass is 464 g/mol. The molecule has 0 fully saturated rings. The topological polar surface area (TPSA) is 135 Å². The number of carbonyl (C=O) groups is 1. The molecule has 0 aliphatic heterocycles. The number of hydrogen-bond acceptors (Lipinski definition) is 8. The van der Waals surface area contributed by atoms with Crippen LogP contribution < -0.4 is 14.8 Å². The number of H-pyrrole nitrogens is 1. The average Bonchev–Trinajstić information content (AvgIpc) is 3.25. The second-order valence-corrected chi connectivity index (χ2v) is 8.42. The Kier molecular flexibility index (Phi) is 8.03. The Morgan fingerprint density at radius 2 is 2.00 bits per heavy atom. The van der Waals surface area contributed by atoms with Gasteiger partial charge in [0.1, 0.15) is 23.2 Å². The number of hydrogen-bond donors (Lipinski definition) is 2. The first-order valence-corrected chi connectivity index (χ1v) is 10.8. The summed E-state index contributed by atoms with van der Waals surface area (Å²) in [6, 6.07) is 9.38. The molecule has 2 heterocycles. The van der Waals surface area contributed by atoms with Crippen molar-refractivity contribution in [1.29, 1.82) is 5.26 Å². The van der Waals surface area contributed by atoms with Crippen LogP contribution in [0, 0.1) is 11.3 Å². The molecule has 0 aliphatic rings. The van der Waals surface area contributed by atoms with Crippen LogP contribution in [0.2, 0.25) is 0 Å². The molecule has 0 radical (unpaired) electrons. The molecule has 10 nitrogen and oxygen atoms in total. The molecule has 34 heavy (non-hydrogen) atoms. The Morgan fingerprint density at radius 1 is 1.21 bits per heavy atom. The number of carbonyl (C=O) groups excluding carboxylic acids is 1. The number of nitrogens with one attached hydrogen (secondary N) is 2. The van der Waals surface area contributed by atoms with Crippen molar-refractivity contribution >= 4 is 6.09 Å². The molecule has 3 aromatic rings. The van der Waals surface area contributed by atoms with Crippen LogP contribution in [0.15, 0.2) is 36.7 Å². The second-order valence-electron chi connectivity index (χ2n) is 8.42. The number of nitrogens with zero attached hydrogens (tertiary/aromatic N) is 4. The zero-order valence-electron chi connectivity index (χ0n) is 19.7. The molecule has 0 spiro atoms. The Bertz CT molecular complexity index is 1150. The number of aromatic amines is 1. The van der Waals surface area contributed by atoms with Gasteiger partial charge in [0.15, 0.2) is 5.69 Å². The molecule has 0 aliphatic carbocycles. The number of aromatic nitrogens is 4. The summed E-state index contributed by atoms with van der Waals surface area (Å²) in [6.45, 7) is 6.26. The van der Waals surface area contributed by atoms with Crippen LogP contribution in [0.25, 0.3) is 11.3 Å². The molecule has 0 saturated heterocycles. The van der Waals surface area contributed by atoms with E-state index in [0.717, 1.165) is 11.3 Å². The molecule has 2 aromatic heterocycles. The fourth-order valence-corrected chi connectivity index (χ4v) is 3.09. The van der Waals surface area contributed by atoms with Gasteiger partial charge in [0, 0.05) is 18.7 Å². The molecule has 0 saturated carbocycles. The number of amides is 1. The first-order chi connectivity index (χ1) is 16.3. The highest BCUT2D eigenvalue weighted by atomic mass is 16.6. The summed E-state index contributed by atoms with van der Waals surface area (Å²) < 4.78 is 16.8. The maximum atomic E-state index is 11.8. The van der Waals surface area contributed by atoms with Gasteiger partial charge in [-0.15, -0.1) is 0 Å². The zero-order chi connectivity index (χ0) is 24.6. The number of nitriles is 1. The maximum Gasteiger partial charge on any atom is 0.407 e. The quantitative estimate of drug-likeness (QED) is 0.458. The molecule has 2 N–H and O–H groups in total. The highest BCUT2D eigenvalue weighted by Crippen LogP contribution is 2.37. The predicted molar refractivity (Wildman–Crippen MR) is 124 cm³/mol. The standard InChI is InChI=1S/C24H28N6O4/c1-24(2,3)34-23(31)26-9-6-10-33-21-8-5-7-20(32-4)22(21)19-12-16(29-30-19)11-17-14-28-18(13-25)15-27-17/h5,7-8,12,14-15H,6,9-11H2,1-4H3,(H,26,31)(H,29,30). The lowest BCUT2D eigenvalue weighted by molar-refractivity contribution is 0.0525. The van der Waals surface area contributed by atoms with E-state index in [1.54, 1.807) is 13.3 Å². The summed E-state index contributed by atoms with van der Waals surface area (Å²) in [4.78, 5) is 20.0. The van der Waals surface area contributed by atoms with E-state index < -0.39 is 11.7 Å². The zero-order valence-corrected chi connectivity index (χ0v) is 19.7. The van der Waals surface area contributed by atoms with Crippen molar-refractivity contribution in [2.45, 2.75) is 39.2 Å². The summed E-state index contributed by atoms with van der Waals surface area (Å²) in [5, 5.41) is 19.0. The fraction of sp³-hybridized carbons (Fsp3) is 0.375. The van der Waals surface area contributed by atoms with Crippen LogP contribution in [0.4, 0.5) is 4.79 Å². The average molecular weight is 465 g/mol. The highest BCUT2D eigenvalue weighted by Gasteiger charge is 2.17. The largest absolute Gasteiger partial charge is 0.496 e. The molecule has 0 unspecified atom stereocenters. The van der Waals surface area contributed by atoms with Gasteiger partial charge in [0.2, 0.25) is 0 Å². The number of methoxy groups -OCH3 is 1. The van der Waals surface area contributed by atoms with Crippen LogP contribution in [0.3, 0.4) is 0 Å². The molecule has 0 bridgehead atoms. The van der Waals surface area contributed by atoms with Crippen molar-refractivity contribution in [3.63, 3.8) is 0 Å². The van der Waals surface area contributed by atoms with Gasteiger partial charge in [-0.05, 0) is 45.4 Å². The summed E-state index contributed by atoms with van der Waals surface area (Å²) in [7, 11) is 1.59. The maximum absolute atomic E-state index is 11.8. The Morgan fingerprint density at radius 3 is 2.68 bits per heavy atom. The highest BCUT2D eigenvalue weighted by molar-refractivity contribution is 5.74. The van der Waals surface area contributed by atoms with Crippen LogP contribution in [-0.4, -0.2) is 52.1 Å². The molecule has 10 heteroatoms. The molecule has 0 atom stereocenters. The molecular formula is C24H28N6O4. The smallest absolute Gasteiger partial charge is 0.407 e. The van der Waals surface area contributed by atoms with Crippen molar-refractivity contribution in [2.75, 3.05) is 20.3 Å². The SMILES string of the molecule is COc1cccc(OCCCNC(=O)OC(C)(C)C)c1-c1cc(Cc2cnc(C#N)cn2)[nH]n1. The lowest BCUT2D eigenvalue weighted by Crippen LogP contribution is -2.33. The number of alkyl carbamates (subject to hydrolysis) is 1. The third-order valence-electron chi connectivity index (χ3n) is 4.53. The normalized spacial score (nSPS) is 10.9. The molecule has 1 aromatic carbocycles. The molecule has 1 amide bonds. The van der Waals surface area contributed by atoms with E-state index in [4.69, 9.17) is 19.5 Å². The van der Waals surface area contributed by atoms with Crippen molar-refractivity contribution < 1.29 is 19.0 Å². The van der Waals surface area contributed by atoms with Gasteiger partial charge in [-0.3, -0.25) is 10.1 Å². The minimum atomic E-state index is -0.537.